The van der Waals surface area contributed by atoms with Crippen LogP contribution in [0.3, 0.4) is 0 Å². The van der Waals surface area contributed by atoms with Crippen LogP contribution in [-0.4, -0.2) is 35.4 Å². The Kier molecular flexibility index (Phi) is 6.61. The number of carbonyl (C=O) groups excluding carboxylic acids is 1. The average molecular weight is 377 g/mol. The summed E-state index contributed by atoms with van der Waals surface area (Å²) in [6.45, 7) is 8.01. The van der Waals surface area contributed by atoms with E-state index >= 15 is 0 Å². The number of carbonyl (C=O) groups is 1. The molecule has 0 radical (unpaired) electrons. The zero-order valence-electron chi connectivity index (χ0n) is 16.7. The van der Waals surface area contributed by atoms with Crippen molar-refractivity contribution in [2.75, 3.05) is 19.8 Å². The van der Waals surface area contributed by atoms with Crippen molar-refractivity contribution < 1.29 is 9.53 Å². The number of nitrogens with one attached hydrogen (secondary N) is 1. The molecule has 5 heteroatoms. The minimum Gasteiger partial charge on any atom is -0.382 e. The van der Waals surface area contributed by atoms with Gasteiger partial charge in [0.1, 0.15) is 5.69 Å². The first-order chi connectivity index (χ1) is 13.6. The van der Waals surface area contributed by atoms with Gasteiger partial charge in [0, 0.05) is 31.5 Å². The second kappa shape index (κ2) is 9.33. The fourth-order valence-corrected chi connectivity index (χ4v) is 2.97. The third kappa shape index (κ3) is 4.67. The summed E-state index contributed by atoms with van der Waals surface area (Å²) >= 11 is 0. The molecule has 1 amide bonds. The number of benzene rings is 2. The SMILES string of the molecule is CCOCCCNC(=O)c1cn(-c2ccccc2)nc1-c1ccc(C)c(C)c1. The Morgan fingerprint density at radius 1 is 1.11 bits per heavy atom. The van der Waals surface area contributed by atoms with Crippen LogP contribution >= 0.6 is 0 Å². The van der Waals surface area contributed by atoms with Crippen LogP contribution in [0, 0.1) is 13.8 Å². The fourth-order valence-electron chi connectivity index (χ4n) is 2.97. The van der Waals surface area contributed by atoms with Gasteiger partial charge in [-0.15, -0.1) is 0 Å². The van der Waals surface area contributed by atoms with Crippen molar-refractivity contribution in [3.05, 3.63) is 71.4 Å². The molecule has 2 aromatic carbocycles. The maximum atomic E-state index is 12.9. The van der Waals surface area contributed by atoms with E-state index in [0.29, 0.717) is 31.0 Å². The van der Waals surface area contributed by atoms with Crippen molar-refractivity contribution in [1.82, 2.24) is 15.1 Å². The van der Waals surface area contributed by atoms with Crippen LogP contribution in [0.25, 0.3) is 16.9 Å². The van der Waals surface area contributed by atoms with E-state index in [2.05, 4.69) is 31.3 Å². The maximum absolute atomic E-state index is 12.9. The molecule has 1 heterocycles. The summed E-state index contributed by atoms with van der Waals surface area (Å²) in [5.74, 6) is -0.119. The van der Waals surface area contributed by atoms with Gasteiger partial charge in [-0.25, -0.2) is 4.68 Å². The molecule has 0 saturated heterocycles. The number of nitrogens with zero attached hydrogens (tertiary/aromatic N) is 2. The zero-order chi connectivity index (χ0) is 19.9. The number of aryl methyl sites for hydroxylation is 2. The standard InChI is InChI=1S/C23H27N3O2/c1-4-28-14-8-13-24-23(27)21-16-26(20-9-6-5-7-10-20)25-22(21)19-12-11-17(2)18(3)15-19/h5-7,9-12,15-16H,4,8,13-14H2,1-3H3,(H,24,27). The molecule has 3 rings (SSSR count). The topological polar surface area (TPSA) is 56.1 Å². The van der Waals surface area contributed by atoms with Crippen LogP contribution in [0.2, 0.25) is 0 Å². The van der Waals surface area contributed by atoms with E-state index in [1.54, 1.807) is 10.9 Å². The van der Waals surface area contributed by atoms with Crippen molar-refractivity contribution in [3.8, 4) is 16.9 Å². The molecule has 28 heavy (non-hydrogen) atoms. The largest absolute Gasteiger partial charge is 0.382 e. The van der Waals surface area contributed by atoms with Gasteiger partial charge in [-0.1, -0.05) is 30.3 Å². The van der Waals surface area contributed by atoms with Gasteiger partial charge >= 0.3 is 0 Å². The molecule has 1 N–H and O–H groups in total. The summed E-state index contributed by atoms with van der Waals surface area (Å²) in [6.07, 6.45) is 2.59. The molecular formula is C23H27N3O2. The van der Waals surface area contributed by atoms with Crippen molar-refractivity contribution in [2.45, 2.75) is 27.2 Å². The molecule has 5 nitrogen and oxygen atoms in total. The van der Waals surface area contributed by atoms with Gasteiger partial charge < -0.3 is 10.1 Å². The number of hydrogen-bond acceptors (Lipinski definition) is 3. The van der Waals surface area contributed by atoms with Crippen LogP contribution in [0.4, 0.5) is 0 Å². The lowest BCUT2D eigenvalue weighted by atomic mass is 10.0. The van der Waals surface area contributed by atoms with Gasteiger partial charge in [-0.2, -0.15) is 5.10 Å². The lowest BCUT2D eigenvalue weighted by Gasteiger charge is -2.07. The fraction of sp³-hybridized carbons (Fsp3) is 0.304. The summed E-state index contributed by atoms with van der Waals surface area (Å²) in [6, 6.07) is 16.0. The van der Waals surface area contributed by atoms with E-state index in [1.165, 1.54) is 11.1 Å². The number of ether oxygens (including phenoxy) is 1. The summed E-state index contributed by atoms with van der Waals surface area (Å²) in [5, 5.41) is 7.72. The number of aromatic nitrogens is 2. The van der Waals surface area contributed by atoms with E-state index in [9.17, 15) is 4.79 Å². The highest BCUT2D eigenvalue weighted by atomic mass is 16.5. The van der Waals surface area contributed by atoms with Gasteiger partial charge in [-0.3, -0.25) is 4.79 Å². The quantitative estimate of drug-likeness (QED) is 0.595. The highest BCUT2D eigenvalue weighted by Crippen LogP contribution is 2.25. The average Bonchev–Trinajstić information content (AvgIpc) is 3.16. The van der Waals surface area contributed by atoms with Gasteiger partial charge in [0.05, 0.1) is 11.3 Å². The Morgan fingerprint density at radius 2 is 1.89 bits per heavy atom. The molecule has 0 bridgehead atoms. The molecule has 0 aliphatic rings. The van der Waals surface area contributed by atoms with Crippen molar-refractivity contribution in [1.29, 1.82) is 0 Å². The zero-order valence-corrected chi connectivity index (χ0v) is 16.7. The number of hydrogen-bond donors (Lipinski definition) is 1. The van der Waals surface area contributed by atoms with Crippen LogP contribution in [0.5, 0.6) is 0 Å². The summed E-state index contributed by atoms with van der Waals surface area (Å²) < 4.78 is 7.10. The second-order valence-corrected chi connectivity index (χ2v) is 6.78. The molecule has 0 unspecified atom stereocenters. The highest BCUT2D eigenvalue weighted by Gasteiger charge is 2.18. The minimum atomic E-state index is -0.119. The highest BCUT2D eigenvalue weighted by molar-refractivity contribution is 6.00. The van der Waals surface area contributed by atoms with E-state index < -0.39 is 0 Å². The lowest BCUT2D eigenvalue weighted by molar-refractivity contribution is 0.0945. The summed E-state index contributed by atoms with van der Waals surface area (Å²) in [7, 11) is 0. The molecule has 0 spiro atoms. The van der Waals surface area contributed by atoms with E-state index in [0.717, 1.165) is 17.7 Å². The first-order valence-corrected chi connectivity index (χ1v) is 9.68. The van der Waals surface area contributed by atoms with Crippen LogP contribution < -0.4 is 5.32 Å². The summed E-state index contributed by atoms with van der Waals surface area (Å²) in [5.41, 5.74) is 5.51. The first kappa shape index (κ1) is 19.8. The number of amides is 1. The molecule has 0 saturated carbocycles. The van der Waals surface area contributed by atoms with E-state index in [4.69, 9.17) is 9.84 Å². The van der Waals surface area contributed by atoms with Gasteiger partial charge in [0.2, 0.25) is 0 Å². The molecule has 0 atom stereocenters. The Balaban J connectivity index is 1.91. The van der Waals surface area contributed by atoms with Gasteiger partial charge in [-0.05, 0) is 56.5 Å². The molecule has 1 aromatic heterocycles. The predicted octanol–water partition coefficient (Wildman–Crippen LogP) is 4.31. The normalized spacial score (nSPS) is 10.8. The summed E-state index contributed by atoms with van der Waals surface area (Å²) in [4.78, 5) is 12.9. The monoisotopic (exact) mass is 377 g/mol. The molecule has 0 fully saturated rings. The molecule has 0 aliphatic carbocycles. The van der Waals surface area contributed by atoms with Crippen molar-refractivity contribution >= 4 is 5.91 Å². The van der Waals surface area contributed by atoms with E-state index in [1.807, 2.05) is 43.3 Å². The number of rotatable bonds is 8. The van der Waals surface area contributed by atoms with Crippen molar-refractivity contribution in [2.24, 2.45) is 0 Å². The Morgan fingerprint density at radius 3 is 2.61 bits per heavy atom. The van der Waals surface area contributed by atoms with Gasteiger partial charge in [0.15, 0.2) is 0 Å². The number of para-hydroxylation sites is 1. The lowest BCUT2D eigenvalue weighted by Crippen LogP contribution is -2.25. The Bertz CT molecular complexity index is 932. The smallest absolute Gasteiger partial charge is 0.255 e. The van der Waals surface area contributed by atoms with Gasteiger partial charge in [0.25, 0.3) is 5.91 Å². The van der Waals surface area contributed by atoms with Crippen LogP contribution in [0.1, 0.15) is 34.8 Å². The third-order valence-electron chi connectivity index (χ3n) is 4.72. The first-order valence-electron chi connectivity index (χ1n) is 9.68. The molecule has 146 valence electrons. The molecule has 0 aliphatic heterocycles. The predicted molar refractivity (Wildman–Crippen MR) is 112 cm³/mol. The minimum absolute atomic E-state index is 0.119. The van der Waals surface area contributed by atoms with E-state index in [-0.39, 0.29) is 5.91 Å². The van der Waals surface area contributed by atoms with Crippen LogP contribution in [-0.2, 0) is 4.74 Å². The van der Waals surface area contributed by atoms with Crippen LogP contribution in [0.15, 0.2) is 54.7 Å². The third-order valence-corrected chi connectivity index (χ3v) is 4.72. The Labute approximate surface area is 166 Å². The maximum Gasteiger partial charge on any atom is 0.255 e. The molecule has 3 aromatic rings. The second-order valence-electron chi connectivity index (χ2n) is 6.78. The van der Waals surface area contributed by atoms with Crippen molar-refractivity contribution in [3.63, 3.8) is 0 Å². The Hall–Kier alpha value is -2.92. The molecular weight excluding hydrogens is 350 g/mol.